The number of halogens is 1. The summed E-state index contributed by atoms with van der Waals surface area (Å²) in [5.41, 5.74) is 3.19. The Morgan fingerprint density at radius 1 is 1.15 bits per heavy atom. The van der Waals surface area contributed by atoms with Crippen LogP contribution in [0.2, 0.25) is 0 Å². The highest BCUT2D eigenvalue weighted by Gasteiger charge is 2.38. The molecule has 0 fully saturated rings. The van der Waals surface area contributed by atoms with Crippen LogP contribution in [-0.2, 0) is 6.42 Å². The molecule has 1 N–H and O–H groups in total. The van der Waals surface area contributed by atoms with Gasteiger partial charge in [-0.15, -0.1) is 0 Å². The van der Waals surface area contributed by atoms with E-state index in [1.165, 1.54) is 6.07 Å². The van der Waals surface area contributed by atoms with Crippen molar-refractivity contribution >= 4 is 23.3 Å². The van der Waals surface area contributed by atoms with E-state index in [9.17, 15) is 4.39 Å². The zero-order chi connectivity index (χ0) is 18.4. The number of anilines is 2. The lowest BCUT2D eigenvalue weighted by molar-refractivity contribution is 0.412. The minimum atomic E-state index is -0.179. The summed E-state index contributed by atoms with van der Waals surface area (Å²) >= 11 is 1.67. The third-order valence-electron chi connectivity index (χ3n) is 5.30. The molecule has 2 aliphatic rings. The number of hydrogen-bond donors (Lipinski definition) is 1. The first-order chi connectivity index (χ1) is 13.2. The van der Waals surface area contributed by atoms with Crippen molar-refractivity contribution < 1.29 is 4.39 Å². The quantitative estimate of drug-likeness (QED) is 0.663. The van der Waals surface area contributed by atoms with Gasteiger partial charge < -0.3 is 10.2 Å². The maximum Gasteiger partial charge on any atom is 0.138 e. The second-order valence-corrected chi connectivity index (χ2v) is 8.16. The van der Waals surface area contributed by atoms with Crippen LogP contribution in [0.3, 0.4) is 0 Å². The van der Waals surface area contributed by atoms with Crippen LogP contribution >= 0.6 is 11.8 Å². The van der Waals surface area contributed by atoms with Gasteiger partial charge in [-0.1, -0.05) is 30.0 Å². The molecule has 27 heavy (non-hydrogen) atoms. The number of nitrogens with zero attached hydrogens (tertiary/aromatic N) is 3. The Morgan fingerprint density at radius 2 is 2.00 bits per heavy atom. The van der Waals surface area contributed by atoms with Gasteiger partial charge in [0, 0.05) is 35.7 Å². The summed E-state index contributed by atoms with van der Waals surface area (Å²) in [6, 6.07) is 15.4. The van der Waals surface area contributed by atoms with E-state index in [2.05, 4.69) is 39.4 Å². The van der Waals surface area contributed by atoms with Crippen molar-refractivity contribution in [3.8, 4) is 0 Å². The lowest BCUT2D eigenvalue weighted by Crippen LogP contribution is -2.42. The molecule has 4 nitrogen and oxygen atoms in total. The molecule has 3 aromatic rings. The summed E-state index contributed by atoms with van der Waals surface area (Å²) in [6.07, 6.45) is 2.49. The summed E-state index contributed by atoms with van der Waals surface area (Å²) < 4.78 is 13.7. The van der Waals surface area contributed by atoms with E-state index in [0.29, 0.717) is 5.92 Å². The zero-order valence-electron chi connectivity index (χ0n) is 14.9. The highest BCUT2D eigenvalue weighted by atomic mass is 32.2. The molecule has 0 radical (unpaired) electrons. The topological polar surface area (TPSA) is 41.0 Å². The Hall–Kier alpha value is -2.60. The molecular formula is C21H19FN4S. The average molecular weight is 378 g/mol. The lowest BCUT2D eigenvalue weighted by atomic mass is 9.81. The molecule has 0 saturated carbocycles. The van der Waals surface area contributed by atoms with Crippen LogP contribution in [0.4, 0.5) is 15.9 Å². The number of rotatable bonds is 2. The van der Waals surface area contributed by atoms with E-state index in [1.54, 1.807) is 24.2 Å². The van der Waals surface area contributed by atoms with Gasteiger partial charge in [-0.3, -0.25) is 0 Å². The van der Waals surface area contributed by atoms with Gasteiger partial charge in [0.25, 0.3) is 0 Å². The Labute approximate surface area is 161 Å². The summed E-state index contributed by atoms with van der Waals surface area (Å²) in [5.74, 6) is 1.14. The first-order valence-electron chi connectivity index (χ1n) is 9.03. The molecule has 1 aromatic heterocycles. The van der Waals surface area contributed by atoms with E-state index in [-0.39, 0.29) is 11.9 Å². The molecule has 5 rings (SSSR count). The van der Waals surface area contributed by atoms with Crippen molar-refractivity contribution in [3.63, 3.8) is 0 Å². The molecule has 2 aromatic carbocycles. The molecule has 0 aliphatic carbocycles. The molecule has 6 heteroatoms. The summed E-state index contributed by atoms with van der Waals surface area (Å²) in [7, 11) is 2.07. The molecule has 0 unspecified atom stereocenters. The van der Waals surface area contributed by atoms with Gasteiger partial charge in [0.15, 0.2) is 0 Å². The van der Waals surface area contributed by atoms with Crippen LogP contribution < -0.4 is 10.2 Å². The van der Waals surface area contributed by atoms with Crippen LogP contribution in [-0.4, -0.2) is 23.6 Å². The Balaban J connectivity index is 1.58. The fourth-order valence-corrected chi connectivity index (χ4v) is 5.05. The van der Waals surface area contributed by atoms with Crippen LogP contribution in [0.25, 0.3) is 0 Å². The van der Waals surface area contributed by atoms with Crippen molar-refractivity contribution in [2.45, 2.75) is 22.4 Å². The zero-order valence-corrected chi connectivity index (χ0v) is 15.7. The summed E-state index contributed by atoms with van der Waals surface area (Å²) in [5, 5.41) is 4.62. The van der Waals surface area contributed by atoms with E-state index < -0.39 is 0 Å². The average Bonchev–Trinajstić information content (AvgIpc) is 2.68. The number of benzene rings is 2. The van der Waals surface area contributed by atoms with Crippen molar-refractivity contribution in [2.24, 2.45) is 5.92 Å². The number of aromatic nitrogens is 2. The normalized spacial score (nSPS) is 20.3. The molecule has 2 aliphatic heterocycles. The van der Waals surface area contributed by atoms with Gasteiger partial charge in [0.05, 0.1) is 6.04 Å². The number of nitrogens with one attached hydrogen (secondary N) is 1. The second-order valence-electron chi connectivity index (χ2n) is 7.10. The molecular weight excluding hydrogens is 359 g/mol. The lowest BCUT2D eigenvalue weighted by Gasteiger charge is -2.43. The van der Waals surface area contributed by atoms with Crippen LogP contribution in [0.1, 0.15) is 17.2 Å². The van der Waals surface area contributed by atoms with Gasteiger partial charge in [-0.25, -0.2) is 14.4 Å². The minimum absolute atomic E-state index is 0.126. The third-order valence-corrected chi connectivity index (χ3v) is 6.32. The van der Waals surface area contributed by atoms with Gasteiger partial charge >= 0.3 is 0 Å². The fraction of sp³-hybridized carbons (Fsp3) is 0.238. The second kappa shape index (κ2) is 6.53. The summed E-state index contributed by atoms with van der Waals surface area (Å²) in [6.45, 7) is 0.882. The Kier molecular flexibility index (Phi) is 4.01. The molecule has 0 spiro atoms. The number of hydrogen-bond acceptors (Lipinski definition) is 5. The van der Waals surface area contributed by atoms with Crippen molar-refractivity contribution in [1.29, 1.82) is 0 Å². The third kappa shape index (κ3) is 2.94. The van der Waals surface area contributed by atoms with Crippen molar-refractivity contribution in [3.05, 3.63) is 71.8 Å². The first-order valence-corrected chi connectivity index (χ1v) is 9.84. The number of fused-ring (bicyclic) bond motifs is 4. The standard InChI is InChI=1S/C21H19FN4S/c1-26-11-14-9-13-10-15(22)7-8-17(13)25-19(14)18-20(26)23-12-24-21(18)27-16-5-3-2-4-6-16/h2-8,10,12,14,19,25H,9,11H2,1H3/t14-,19-/m1/s1. The fourth-order valence-electron chi connectivity index (χ4n) is 4.10. The maximum absolute atomic E-state index is 13.7. The van der Waals surface area contributed by atoms with E-state index in [0.717, 1.165) is 45.5 Å². The molecule has 0 bridgehead atoms. The first kappa shape index (κ1) is 16.6. The smallest absolute Gasteiger partial charge is 0.138 e. The summed E-state index contributed by atoms with van der Waals surface area (Å²) in [4.78, 5) is 12.5. The highest BCUT2D eigenvalue weighted by molar-refractivity contribution is 7.99. The maximum atomic E-state index is 13.7. The molecule has 2 atom stereocenters. The van der Waals surface area contributed by atoms with Crippen LogP contribution in [0.5, 0.6) is 0 Å². The molecule has 0 saturated heterocycles. The van der Waals surface area contributed by atoms with Crippen LogP contribution in [0, 0.1) is 11.7 Å². The van der Waals surface area contributed by atoms with Crippen molar-refractivity contribution in [2.75, 3.05) is 23.8 Å². The van der Waals surface area contributed by atoms with E-state index in [1.807, 2.05) is 24.3 Å². The van der Waals surface area contributed by atoms with Crippen LogP contribution in [0.15, 0.2) is 64.8 Å². The largest absolute Gasteiger partial charge is 0.377 e. The molecule has 136 valence electrons. The van der Waals surface area contributed by atoms with E-state index in [4.69, 9.17) is 0 Å². The Morgan fingerprint density at radius 3 is 2.85 bits per heavy atom. The minimum Gasteiger partial charge on any atom is -0.377 e. The molecule has 0 amide bonds. The Bertz CT molecular complexity index is 995. The highest BCUT2D eigenvalue weighted by Crippen LogP contribution is 2.47. The predicted molar refractivity (Wildman–Crippen MR) is 106 cm³/mol. The van der Waals surface area contributed by atoms with Gasteiger partial charge in [-0.2, -0.15) is 0 Å². The van der Waals surface area contributed by atoms with Gasteiger partial charge in [-0.05, 0) is 42.3 Å². The molecule has 3 heterocycles. The van der Waals surface area contributed by atoms with Crippen molar-refractivity contribution in [1.82, 2.24) is 9.97 Å². The SMILES string of the molecule is CN1C[C@H]2Cc3cc(F)ccc3N[C@H]2c2c(Sc3ccccc3)ncnc21. The monoisotopic (exact) mass is 378 g/mol. The van der Waals surface area contributed by atoms with Gasteiger partial charge in [0.2, 0.25) is 0 Å². The van der Waals surface area contributed by atoms with Gasteiger partial charge in [0.1, 0.15) is 23.0 Å². The van der Waals surface area contributed by atoms with E-state index >= 15 is 0 Å². The predicted octanol–water partition coefficient (Wildman–Crippen LogP) is 4.54.